The van der Waals surface area contributed by atoms with E-state index >= 15 is 0 Å². The zero-order valence-electron chi connectivity index (χ0n) is 12.2. The molecule has 0 fully saturated rings. The zero-order chi connectivity index (χ0) is 14.5. The SMILES string of the molecule is CCCCc1nc2cc(CC(=O)O)ccc2n1CCC. The van der Waals surface area contributed by atoms with Crippen molar-refractivity contribution in [3.05, 3.63) is 29.6 Å². The maximum Gasteiger partial charge on any atom is 0.307 e. The van der Waals surface area contributed by atoms with Gasteiger partial charge in [-0.3, -0.25) is 4.79 Å². The topological polar surface area (TPSA) is 55.1 Å². The van der Waals surface area contributed by atoms with Gasteiger partial charge in [-0.2, -0.15) is 0 Å². The number of aryl methyl sites for hydroxylation is 2. The highest BCUT2D eigenvalue weighted by molar-refractivity contribution is 5.79. The second-order valence-electron chi connectivity index (χ2n) is 5.18. The zero-order valence-corrected chi connectivity index (χ0v) is 12.2. The molecule has 4 heteroatoms. The molecule has 2 rings (SSSR count). The summed E-state index contributed by atoms with van der Waals surface area (Å²) in [6.07, 6.45) is 4.40. The maximum absolute atomic E-state index is 10.8. The number of imidazole rings is 1. The average Bonchev–Trinajstić information content (AvgIpc) is 2.73. The summed E-state index contributed by atoms with van der Waals surface area (Å²) in [5.41, 5.74) is 2.85. The van der Waals surface area contributed by atoms with Gasteiger partial charge < -0.3 is 9.67 Å². The van der Waals surface area contributed by atoms with Crippen LogP contribution in [0.15, 0.2) is 18.2 Å². The Bertz CT molecular complexity index is 602. The van der Waals surface area contributed by atoms with Gasteiger partial charge in [-0.05, 0) is 30.5 Å². The predicted octanol–water partition coefficient (Wildman–Crippen LogP) is 3.42. The normalized spacial score (nSPS) is 11.1. The summed E-state index contributed by atoms with van der Waals surface area (Å²) in [4.78, 5) is 15.5. The van der Waals surface area contributed by atoms with E-state index in [0.717, 1.165) is 54.6 Å². The molecular formula is C16H22N2O2. The number of benzene rings is 1. The van der Waals surface area contributed by atoms with E-state index < -0.39 is 5.97 Å². The van der Waals surface area contributed by atoms with Crippen LogP contribution in [-0.4, -0.2) is 20.6 Å². The number of nitrogens with zero attached hydrogens (tertiary/aromatic N) is 2. The summed E-state index contributed by atoms with van der Waals surface area (Å²) in [5.74, 6) is 0.319. The Hall–Kier alpha value is -1.84. The van der Waals surface area contributed by atoms with E-state index in [1.165, 1.54) is 0 Å². The summed E-state index contributed by atoms with van der Waals surface area (Å²) >= 11 is 0. The number of aliphatic carboxylic acids is 1. The standard InChI is InChI=1S/C16H22N2O2/c1-3-5-6-15-17-13-10-12(11-16(19)20)7-8-14(13)18(15)9-4-2/h7-8,10H,3-6,9,11H2,1-2H3,(H,19,20). The summed E-state index contributed by atoms with van der Waals surface area (Å²) in [7, 11) is 0. The van der Waals surface area contributed by atoms with Crippen molar-refractivity contribution < 1.29 is 9.90 Å². The van der Waals surface area contributed by atoms with Crippen molar-refractivity contribution in [2.24, 2.45) is 0 Å². The molecule has 0 bridgehead atoms. The Labute approximate surface area is 119 Å². The van der Waals surface area contributed by atoms with E-state index in [1.54, 1.807) is 0 Å². The number of unbranched alkanes of at least 4 members (excludes halogenated alkanes) is 1. The number of aromatic nitrogens is 2. The first-order valence-corrected chi connectivity index (χ1v) is 7.35. The third-order valence-electron chi connectivity index (χ3n) is 3.45. The molecule has 2 aromatic rings. The van der Waals surface area contributed by atoms with E-state index in [4.69, 9.17) is 10.1 Å². The van der Waals surface area contributed by atoms with Gasteiger partial charge in [0.05, 0.1) is 17.5 Å². The van der Waals surface area contributed by atoms with Gasteiger partial charge in [-0.25, -0.2) is 4.98 Å². The van der Waals surface area contributed by atoms with Crippen LogP contribution in [0, 0.1) is 0 Å². The van der Waals surface area contributed by atoms with Gasteiger partial charge in [0.25, 0.3) is 0 Å². The van der Waals surface area contributed by atoms with Gasteiger partial charge in [-0.15, -0.1) is 0 Å². The van der Waals surface area contributed by atoms with Crippen molar-refractivity contribution in [1.29, 1.82) is 0 Å². The largest absolute Gasteiger partial charge is 0.481 e. The molecule has 1 aromatic heterocycles. The first-order chi connectivity index (χ1) is 9.65. The third kappa shape index (κ3) is 3.18. The second kappa shape index (κ2) is 6.55. The molecule has 0 amide bonds. The molecule has 0 saturated heterocycles. The summed E-state index contributed by atoms with van der Waals surface area (Å²) in [6, 6.07) is 5.81. The van der Waals surface area contributed by atoms with Crippen molar-refractivity contribution in [1.82, 2.24) is 9.55 Å². The van der Waals surface area contributed by atoms with E-state index in [9.17, 15) is 4.79 Å². The van der Waals surface area contributed by atoms with Crippen LogP contribution in [0.2, 0.25) is 0 Å². The number of rotatable bonds is 7. The summed E-state index contributed by atoms with van der Waals surface area (Å²) in [6.45, 7) is 5.31. The second-order valence-corrected chi connectivity index (χ2v) is 5.18. The number of hydrogen-bond donors (Lipinski definition) is 1. The summed E-state index contributed by atoms with van der Waals surface area (Å²) < 4.78 is 2.27. The smallest absolute Gasteiger partial charge is 0.307 e. The molecule has 0 aliphatic carbocycles. The molecule has 0 spiro atoms. The lowest BCUT2D eigenvalue weighted by Crippen LogP contribution is -2.03. The molecule has 1 N–H and O–H groups in total. The lowest BCUT2D eigenvalue weighted by Gasteiger charge is -2.07. The van der Waals surface area contributed by atoms with Crippen molar-refractivity contribution in [2.45, 2.75) is 52.5 Å². The van der Waals surface area contributed by atoms with Crippen LogP contribution < -0.4 is 0 Å². The first-order valence-electron chi connectivity index (χ1n) is 7.35. The van der Waals surface area contributed by atoms with Crippen molar-refractivity contribution in [3.8, 4) is 0 Å². The monoisotopic (exact) mass is 274 g/mol. The number of carboxylic acids is 1. The average molecular weight is 274 g/mol. The lowest BCUT2D eigenvalue weighted by molar-refractivity contribution is -0.136. The molecule has 1 aromatic carbocycles. The van der Waals surface area contributed by atoms with Gasteiger partial charge >= 0.3 is 5.97 Å². The van der Waals surface area contributed by atoms with Crippen LogP contribution in [0.25, 0.3) is 11.0 Å². The molecule has 0 saturated carbocycles. The fraction of sp³-hybridized carbons (Fsp3) is 0.500. The first kappa shape index (κ1) is 14.6. The van der Waals surface area contributed by atoms with E-state index in [1.807, 2.05) is 18.2 Å². The molecule has 0 aliphatic heterocycles. The Morgan fingerprint density at radius 3 is 2.75 bits per heavy atom. The Morgan fingerprint density at radius 1 is 1.30 bits per heavy atom. The van der Waals surface area contributed by atoms with Gasteiger partial charge in [0.2, 0.25) is 0 Å². The fourth-order valence-electron chi connectivity index (χ4n) is 2.51. The fourth-order valence-corrected chi connectivity index (χ4v) is 2.51. The highest BCUT2D eigenvalue weighted by atomic mass is 16.4. The number of carboxylic acid groups (broad SMARTS) is 1. The van der Waals surface area contributed by atoms with Gasteiger partial charge in [0, 0.05) is 13.0 Å². The quantitative estimate of drug-likeness (QED) is 0.841. The lowest BCUT2D eigenvalue weighted by atomic mass is 10.1. The highest BCUT2D eigenvalue weighted by Gasteiger charge is 2.11. The van der Waals surface area contributed by atoms with Crippen molar-refractivity contribution in [3.63, 3.8) is 0 Å². The van der Waals surface area contributed by atoms with Crippen LogP contribution in [0.3, 0.4) is 0 Å². The molecule has 20 heavy (non-hydrogen) atoms. The molecule has 108 valence electrons. The van der Waals surface area contributed by atoms with Gasteiger partial charge in [0.15, 0.2) is 0 Å². The van der Waals surface area contributed by atoms with Crippen LogP contribution in [0.4, 0.5) is 0 Å². The van der Waals surface area contributed by atoms with Crippen LogP contribution in [0.1, 0.15) is 44.5 Å². The molecule has 0 aliphatic rings. The number of hydrogen-bond acceptors (Lipinski definition) is 2. The molecule has 1 heterocycles. The minimum absolute atomic E-state index is 0.0564. The number of carbonyl (C=O) groups is 1. The number of fused-ring (bicyclic) bond motifs is 1. The van der Waals surface area contributed by atoms with Crippen LogP contribution in [0.5, 0.6) is 0 Å². The van der Waals surface area contributed by atoms with E-state index in [2.05, 4.69) is 18.4 Å². The molecule has 0 radical (unpaired) electrons. The van der Waals surface area contributed by atoms with E-state index in [0.29, 0.717) is 0 Å². The van der Waals surface area contributed by atoms with E-state index in [-0.39, 0.29) is 6.42 Å². The van der Waals surface area contributed by atoms with Crippen LogP contribution in [-0.2, 0) is 24.2 Å². The molecule has 0 atom stereocenters. The predicted molar refractivity (Wildman–Crippen MR) is 80.0 cm³/mol. The Kier molecular flexibility index (Phi) is 4.77. The van der Waals surface area contributed by atoms with Crippen molar-refractivity contribution in [2.75, 3.05) is 0 Å². The van der Waals surface area contributed by atoms with Gasteiger partial charge in [-0.1, -0.05) is 26.3 Å². The highest BCUT2D eigenvalue weighted by Crippen LogP contribution is 2.20. The molecule has 0 unspecified atom stereocenters. The Morgan fingerprint density at radius 2 is 2.10 bits per heavy atom. The van der Waals surface area contributed by atoms with Crippen LogP contribution >= 0.6 is 0 Å². The minimum atomic E-state index is -0.802. The third-order valence-corrected chi connectivity index (χ3v) is 3.45. The Balaban J connectivity index is 2.40. The maximum atomic E-state index is 10.8. The summed E-state index contributed by atoms with van der Waals surface area (Å²) in [5, 5.41) is 8.87. The van der Waals surface area contributed by atoms with Crippen molar-refractivity contribution >= 4 is 17.0 Å². The molecular weight excluding hydrogens is 252 g/mol. The molecule has 4 nitrogen and oxygen atoms in total. The van der Waals surface area contributed by atoms with Gasteiger partial charge in [0.1, 0.15) is 5.82 Å². The minimum Gasteiger partial charge on any atom is -0.481 e.